The Hall–Kier alpha value is -1.10. The number of nitrogens with two attached hydrogens (primary N) is 1. The summed E-state index contributed by atoms with van der Waals surface area (Å²) in [7, 11) is 0. The Morgan fingerprint density at radius 2 is 1.88 bits per heavy atom. The zero-order valence-corrected chi connectivity index (χ0v) is 15.1. The minimum absolute atomic E-state index is 0.119. The van der Waals surface area contributed by atoms with E-state index in [4.69, 9.17) is 22.1 Å². The normalized spacial score (nSPS) is 16.8. The first-order valence-electron chi connectivity index (χ1n) is 8.97. The molecule has 0 unspecified atom stereocenters. The molecule has 1 aromatic carbocycles. The van der Waals surface area contributed by atoms with Crippen LogP contribution in [0.15, 0.2) is 24.3 Å². The number of carbonyl (C=O) groups excluding carboxylic acids is 1. The topological polar surface area (TPSA) is 64.4 Å². The van der Waals surface area contributed by atoms with Gasteiger partial charge in [-0.1, -0.05) is 42.6 Å². The van der Waals surface area contributed by atoms with Crippen molar-refractivity contribution >= 4 is 17.5 Å². The van der Waals surface area contributed by atoms with Crippen LogP contribution < -0.4 is 11.1 Å². The van der Waals surface area contributed by atoms with Crippen LogP contribution in [0.25, 0.3) is 0 Å². The summed E-state index contributed by atoms with van der Waals surface area (Å²) in [5.74, 6) is 0.126. The quantitative estimate of drug-likeness (QED) is 0.669. The second-order valence-corrected chi connectivity index (χ2v) is 7.01. The van der Waals surface area contributed by atoms with Crippen LogP contribution in [0.5, 0.6) is 0 Å². The van der Waals surface area contributed by atoms with Crippen LogP contribution in [-0.2, 0) is 14.9 Å². The number of hydrogen-bond acceptors (Lipinski definition) is 3. The van der Waals surface area contributed by atoms with Crippen LogP contribution in [-0.4, -0.2) is 32.2 Å². The molecule has 1 aliphatic rings. The van der Waals surface area contributed by atoms with Crippen molar-refractivity contribution in [3.8, 4) is 0 Å². The second kappa shape index (κ2) is 10.0. The van der Waals surface area contributed by atoms with Crippen molar-refractivity contribution in [1.82, 2.24) is 5.32 Å². The number of hydrogen-bond donors (Lipinski definition) is 2. The summed E-state index contributed by atoms with van der Waals surface area (Å²) in [5.41, 5.74) is 6.49. The first-order chi connectivity index (χ1) is 11.7. The number of rotatable bonds is 9. The standard InChI is InChI=1S/C19H29ClN2O2/c20-17-8-5-4-7-16(17)19(10-13-24-14-11-19)15-22-18(23)9-3-1-2-6-12-21/h4-5,7-8H,1-3,6,9-15,21H2,(H,22,23). The molecule has 2 rings (SSSR count). The molecule has 3 N–H and O–H groups in total. The van der Waals surface area contributed by atoms with Gasteiger partial charge in [0, 0.05) is 36.6 Å². The highest BCUT2D eigenvalue weighted by Gasteiger charge is 2.36. The summed E-state index contributed by atoms with van der Waals surface area (Å²) in [6, 6.07) is 7.95. The molecule has 1 saturated heterocycles. The van der Waals surface area contributed by atoms with E-state index in [1.807, 2.05) is 18.2 Å². The van der Waals surface area contributed by atoms with Crippen molar-refractivity contribution in [2.24, 2.45) is 5.73 Å². The van der Waals surface area contributed by atoms with Gasteiger partial charge in [0.25, 0.3) is 0 Å². The fraction of sp³-hybridized carbons (Fsp3) is 0.632. The summed E-state index contributed by atoms with van der Waals surface area (Å²) in [6.07, 6.45) is 6.48. The average Bonchev–Trinajstić information content (AvgIpc) is 2.61. The van der Waals surface area contributed by atoms with Crippen molar-refractivity contribution in [3.05, 3.63) is 34.9 Å². The number of nitrogens with one attached hydrogen (secondary N) is 1. The molecule has 4 nitrogen and oxygen atoms in total. The third-order valence-electron chi connectivity index (χ3n) is 4.88. The zero-order chi connectivity index (χ0) is 17.3. The summed E-state index contributed by atoms with van der Waals surface area (Å²) in [4.78, 5) is 12.2. The molecule has 0 atom stereocenters. The maximum Gasteiger partial charge on any atom is 0.220 e. The lowest BCUT2D eigenvalue weighted by Gasteiger charge is -2.38. The largest absolute Gasteiger partial charge is 0.381 e. The fourth-order valence-corrected chi connectivity index (χ4v) is 3.67. The molecule has 0 saturated carbocycles. The van der Waals surface area contributed by atoms with E-state index in [0.29, 0.717) is 26.2 Å². The van der Waals surface area contributed by atoms with Crippen LogP contribution in [0.1, 0.15) is 50.5 Å². The molecule has 0 radical (unpaired) electrons. The lowest BCUT2D eigenvalue weighted by Crippen LogP contribution is -2.44. The van der Waals surface area contributed by atoms with Crippen molar-refractivity contribution in [1.29, 1.82) is 0 Å². The molecule has 0 spiro atoms. The predicted molar refractivity (Wildman–Crippen MR) is 98.3 cm³/mol. The molecule has 5 heteroatoms. The summed E-state index contributed by atoms with van der Waals surface area (Å²) in [5, 5.41) is 3.91. The number of carbonyl (C=O) groups is 1. The van der Waals surface area contributed by atoms with Crippen molar-refractivity contribution in [2.45, 2.75) is 50.4 Å². The van der Waals surface area contributed by atoms with E-state index in [0.717, 1.165) is 55.7 Å². The molecule has 1 amide bonds. The van der Waals surface area contributed by atoms with Gasteiger partial charge in [0.2, 0.25) is 5.91 Å². The molecular formula is C19H29ClN2O2. The van der Waals surface area contributed by atoms with Gasteiger partial charge in [0.15, 0.2) is 0 Å². The molecule has 1 aliphatic heterocycles. The summed E-state index contributed by atoms with van der Waals surface area (Å²) in [6.45, 7) is 2.77. The van der Waals surface area contributed by atoms with Gasteiger partial charge < -0.3 is 15.8 Å². The molecule has 24 heavy (non-hydrogen) atoms. The summed E-state index contributed by atoms with van der Waals surface area (Å²) >= 11 is 6.43. The van der Waals surface area contributed by atoms with Crippen molar-refractivity contribution < 1.29 is 9.53 Å². The number of amides is 1. The van der Waals surface area contributed by atoms with Gasteiger partial charge in [-0.2, -0.15) is 0 Å². The Labute approximate surface area is 150 Å². The molecule has 0 aliphatic carbocycles. The van der Waals surface area contributed by atoms with E-state index >= 15 is 0 Å². The predicted octanol–water partition coefficient (Wildman–Crippen LogP) is 3.41. The first-order valence-corrected chi connectivity index (χ1v) is 9.35. The SMILES string of the molecule is NCCCCCCC(=O)NCC1(c2ccccc2Cl)CCOCC1. The lowest BCUT2D eigenvalue weighted by molar-refractivity contribution is -0.121. The molecule has 1 heterocycles. The van der Waals surface area contributed by atoms with Crippen LogP contribution in [0.2, 0.25) is 5.02 Å². The van der Waals surface area contributed by atoms with E-state index < -0.39 is 0 Å². The van der Waals surface area contributed by atoms with E-state index in [2.05, 4.69) is 11.4 Å². The van der Waals surface area contributed by atoms with Crippen LogP contribution >= 0.6 is 11.6 Å². The van der Waals surface area contributed by atoms with Gasteiger partial charge in [-0.25, -0.2) is 0 Å². The Bertz CT molecular complexity index is 516. The Morgan fingerprint density at radius 3 is 2.58 bits per heavy atom. The third-order valence-corrected chi connectivity index (χ3v) is 5.21. The maximum absolute atomic E-state index is 12.2. The maximum atomic E-state index is 12.2. The van der Waals surface area contributed by atoms with E-state index in [-0.39, 0.29) is 11.3 Å². The zero-order valence-electron chi connectivity index (χ0n) is 14.4. The first kappa shape index (κ1) is 19.2. The van der Waals surface area contributed by atoms with Crippen LogP contribution in [0, 0.1) is 0 Å². The smallest absolute Gasteiger partial charge is 0.220 e. The summed E-state index contributed by atoms with van der Waals surface area (Å²) < 4.78 is 5.53. The van der Waals surface area contributed by atoms with Crippen LogP contribution in [0.4, 0.5) is 0 Å². The Morgan fingerprint density at radius 1 is 1.17 bits per heavy atom. The van der Waals surface area contributed by atoms with Crippen molar-refractivity contribution in [2.75, 3.05) is 26.3 Å². The Kier molecular flexibility index (Phi) is 8.03. The number of ether oxygens (including phenoxy) is 1. The van der Waals surface area contributed by atoms with Crippen molar-refractivity contribution in [3.63, 3.8) is 0 Å². The molecule has 0 bridgehead atoms. The van der Waals surface area contributed by atoms with Gasteiger partial charge in [-0.3, -0.25) is 4.79 Å². The molecule has 1 fully saturated rings. The van der Waals surface area contributed by atoms with Crippen LogP contribution in [0.3, 0.4) is 0 Å². The van der Waals surface area contributed by atoms with E-state index in [1.54, 1.807) is 0 Å². The minimum atomic E-state index is -0.119. The number of halogens is 1. The lowest BCUT2D eigenvalue weighted by atomic mass is 9.74. The Balaban J connectivity index is 1.90. The highest BCUT2D eigenvalue weighted by atomic mass is 35.5. The molecule has 0 aromatic heterocycles. The monoisotopic (exact) mass is 352 g/mol. The van der Waals surface area contributed by atoms with Gasteiger partial charge in [-0.05, 0) is 43.9 Å². The average molecular weight is 353 g/mol. The fourth-order valence-electron chi connectivity index (χ4n) is 3.33. The van der Waals surface area contributed by atoms with Gasteiger partial charge in [0.05, 0.1) is 0 Å². The highest BCUT2D eigenvalue weighted by Crippen LogP contribution is 2.38. The third kappa shape index (κ3) is 5.47. The van der Waals surface area contributed by atoms with E-state index in [9.17, 15) is 4.79 Å². The van der Waals surface area contributed by atoms with Gasteiger partial charge in [0.1, 0.15) is 0 Å². The highest BCUT2D eigenvalue weighted by molar-refractivity contribution is 6.31. The molecule has 134 valence electrons. The molecule has 1 aromatic rings. The van der Waals surface area contributed by atoms with Gasteiger partial charge in [-0.15, -0.1) is 0 Å². The second-order valence-electron chi connectivity index (χ2n) is 6.60. The van der Waals surface area contributed by atoms with Gasteiger partial charge >= 0.3 is 0 Å². The number of benzene rings is 1. The van der Waals surface area contributed by atoms with E-state index in [1.165, 1.54) is 0 Å². The number of unbranched alkanes of at least 4 members (excludes halogenated alkanes) is 3. The molecular weight excluding hydrogens is 324 g/mol. The minimum Gasteiger partial charge on any atom is -0.381 e.